The smallest absolute Gasteiger partial charge is 0.434 e. The number of amides is 1. The Morgan fingerprint density at radius 3 is 2.24 bits per heavy atom. The van der Waals surface area contributed by atoms with Crippen molar-refractivity contribution in [2.45, 2.75) is 31.8 Å². The van der Waals surface area contributed by atoms with Crippen LogP contribution in [0.15, 0.2) is 36.7 Å². The normalized spacial score (nSPS) is 12.5. The van der Waals surface area contributed by atoms with Crippen LogP contribution in [0.4, 0.5) is 36.6 Å². The third-order valence-electron chi connectivity index (χ3n) is 4.28. The second-order valence-electron chi connectivity index (χ2n) is 7.13. The monoisotopic (exact) mass is 477 g/mol. The van der Waals surface area contributed by atoms with Crippen molar-refractivity contribution < 1.29 is 40.3 Å². The van der Waals surface area contributed by atoms with Crippen molar-refractivity contribution in [3.05, 3.63) is 48.2 Å². The molecule has 0 saturated carbocycles. The van der Waals surface area contributed by atoms with Gasteiger partial charge in [-0.2, -0.15) is 26.3 Å². The van der Waals surface area contributed by atoms with Crippen LogP contribution in [0.25, 0.3) is 17.1 Å². The Balaban J connectivity index is 2.09. The number of anilines is 1. The first-order chi connectivity index (χ1) is 15.2. The van der Waals surface area contributed by atoms with Gasteiger partial charge in [-0.1, -0.05) is 0 Å². The lowest BCUT2D eigenvalue weighted by Gasteiger charge is -2.29. The molecule has 176 valence electrons. The predicted octanol–water partition coefficient (Wildman–Crippen LogP) is 4.78. The van der Waals surface area contributed by atoms with Gasteiger partial charge in [-0.25, -0.2) is 19.0 Å². The molecule has 0 atom stereocenters. The molecule has 1 aromatic carbocycles. The minimum Gasteiger partial charge on any atom is -0.478 e. The number of carbonyl (C=O) groups excluding carboxylic acids is 1. The number of benzene rings is 1. The van der Waals surface area contributed by atoms with Crippen LogP contribution in [-0.4, -0.2) is 37.9 Å². The second kappa shape index (κ2) is 8.33. The molecule has 0 spiro atoms. The van der Waals surface area contributed by atoms with E-state index in [1.165, 1.54) is 6.07 Å². The summed E-state index contributed by atoms with van der Waals surface area (Å²) in [5.74, 6) is -1.76. The summed E-state index contributed by atoms with van der Waals surface area (Å²) in [7, 11) is 0. The summed E-state index contributed by atoms with van der Waals surface area (Å²) in [6.07, 6.45) is -8.06. The number of ether oxygens (including phenoxy) is 1. The van der Waals surface area contributed by atoms with E-state index in [1.807, 2.05) is 0 Å². The van der Waals surface area contributed by atoms with Crippen molar-refractivity contribution in [1.29, 1.82) is 0 Å². The molecule has 0 saturated heterocycles. The molecule has 14 heteroatoms. The van der Waals surface area contributed by atoms with E-state index >= 15 is 0 Å². The van der Waals surface area contributed by atoms with E-state index in [9.17, 15) is 35.5 Å². The van der Waals surface area contributed by atoms with E-state index in [-0.39, 0.29) is 29.3 Å². The number of nitrogens with one attached hydrogen (secondary N) is 1. The standard InChI is InChI=1S/C19H14F7N5O2/c1-17(2,19(24,25)26)33-12-4-10(3-11(20)5-12)13-6-15(29-9-32)30-31(13)16-8-27-14(7-28-16)18(21,22)23/h3-9H,1-2H3,(H,29,30,32). The molecule has 7 nitrogen and oxygen atoms in total. The van der Waals surface area contributed by atoms with Crippen LogP contribution in [0.1, 0.15) is 19.5 Å². The van der Waals surface area contributed by atoms with Crippen molar-refractivity contribution in [2.75, 3.05) is 5.32 Å². The molecule has 0 aliphatic rings. The first-order valence-electron chi connectivity index (χ1n) is 8.98. The molecule has 3 aromatic rings. The largest absolute Gasteiger partial charge is 0.478 e. The molecule has 1 N–H and O–H groups in total. The maximum Gasteiger partial charge on any atom is 0.434 e. The number of alkyl halides is 6. The van der Waals surface area contributed by atoms with Gasteiger partial charge < -0.3 is 10.1 Å². The Morgan fingerprint density at radius 2 is 1.70 bits per heavy atom. The summed E-state index contributed by atoms with van der Waals surface area (Å²) in [6.45, 7) is 1.51. The number of hydrogen-bond donors (Lipinski definition) is 1. The van der Waals surface area contributed by atoms with E-state index < -0.39 is 35.2 Å². The fraction of sp³-hybridized carbons (Fsp3) is 0.263. The van der Waals surface area contributed by atoms with Gasteiger partial charge in [-0.15, -0.1) is 5.10 Å². The van der Waals surface area contributed by atoms with Gasteiger partial charge in [-0.05, 0) is 26.0 Å². The van der Waals surface area contributed by atoms with E-state index in [0.717, 1.165) is 42.9 Å². The summed E-state index contributed by atoms with van der Waals surface area (Å²) in [6, 6.07) is 3.96. The third kappa shape index (κ3) is 5.21. The van der Waals surface area contributed by atoms with E-state index in [0.29, 0.717) is 6.20 Å². The molecule has 0 aliphatic heterocycles. The average molecular weight is 477 g/mol. The van der Waals surface area contributed by atoms with Crippen LogP contribution >= 0.6 is 0 Å². The van der Waals surface area contributed by atoms with Crippen molar-refractivity contribution in [1.82, 2.24) is 19.7 Å². The summed E-state index contributed by atoms with van der Waals surface area (Å²) < 4.78 is 97.9. The molecule has 0 unspecified atom stereocenters. The number of nitrogens with zero attached hydrogens (tertiary/aromatic N) is 4. The zero-order chi connectivity index (χ0) is 24.6. The number of rotatable bonds is 6. The zero-order valence-electron chi connectivity index (χ0n) is 16.8. The molecule has 2 heterocycles. The summed E-state index contributed by atoms with van der Waals surface area (Å²) in [4.78, 5) is 17.7. The lowest BCUT2D eigenvalue weighted by atomic mass is 10.1. The zero-order valence-corrected chi connectivity index (χ0v) is 16.8. The average Bonchev–Trinajstić information content (AvgIpc) is 3.10. The lowest BCUT2D eigenvalue weighted by Crippen LogP contribution is -2.44. The summed E-state index contributed by atoms with van der Waals surface area (Å²) in [5, 5.41) is 6.18. The first kappa shape index (κ1) is 23.9. The van der Waals surface area contributed by atoms with Gasteiger partial charge in [0.1, 0.15) is 11.6 Å². The number of hydrogen-bond acceptors (Lipinski definition) is 5. The van der Waals surface area contributed by atoms with Crippen LogP contribution < -0.4 is 10.1 Å². The minimum atomic E-state index is -4.77. The van der Waals surface area contributed by atoms with Gasteiger partial charge in [0.2, 0.25) is 6.41 Å². The van der Waals surface area contributed by atoms with Crippen molar-refractivity contribution in [2.24, 2.45) is 0 Å². The van der Waals surface area contributed by atoms with Gasteiger partial charge in [0.25, 0.3) is 0 Å². The Bertz CT molecular complexity index is 1150. The molecule has 3 rings (SSSR count). The van der Waals surface area contributed by atoms with Crippen LogP contribution in [0.2, 0.25) is 0 Å². The van der Waals surface area contributed by atoms with Crippen LogP contribution in [0.3, 0.4) is 0 Å². The molecule has 0 radical (unpaired) electrons. The minimum absolute atomic E-state index is 0.0254. The van der Waals surface area contributed by atoms with Gasteiger partial charge in [0.15, 0.2) is 22.9 Å². The van der Waals surface area contributed by atoms with E-state index in [4.69, 9.17) is 4.74 Å². The second-order valence-corrected chi connectivity index (χ2v) is 7.13. The number of carbonyl (C=O) groups is 1. The van der Waals surface area contributed by atoms with Crippen molar-refractivity contribution >= 4 is 12.2 Å². The third-order valence-corrected chi connectivity index (χ3v) is 4.28. The van der Waals surface area contributed by atoms with Crippen LogP contribution in [0, 0.1) is 5.82 Å². The number of aromatic nitrogens is 4. The molecule has 33 heavy (non-hydrogen) atoms. The quantitative estimate of drug-likeness (QED) is 0.409. The fourth-order valence-electron chi connectivity index (χ4n) is 2.59. The summed E-state index contributed by atoms with van der Waals surface area (Å²) in [5.41, 5.74) is -4.01. The predicted molar refractivity (Wildman–Crippen MR) is 100.0 cm³/mol. The Labute approximate surface area is 181 Å². The first-order valence-corrected chi connectivity index (χ1v) is 8.98. The highest BCUT2D eigenvalue weighted by molar-refractivity contribution is 5.74. The maximum atomic E-state index is 14.2. The van der Waals surface area contributed by atoms with E-state index in [1.54, 1.807) is 0 Å². The maximum absolute atomic E-state index is 14.2. The highest BCUT2D eigenvalue weighted by atomic mass is 19.4. The number of halogens is 7. The highest BCUT2D eigenvalue weighted by Crippen LogP contribution is 2.36. The molecule has 2 aromatic heterocycles. The Hall–Kier alpha value is -3.71. The highest BCUT2D eigenvalue weighted by Gasteiger charge is 2.50. The molecule has 0 fully saturated rings. The topological polar surface area (TPSA) is 81.9 Å². The van der Waals surface area contributed by atoms with Gasteiger partial charge >= 0.3 is 12.4 Å². The van der Waals surface area contributed by atoms with Crippen LogP contribution in [0.5, 0.6) is 5.75 Å². The van der Waals surface area contributed by atoms with Crippen LogP contribution in [-0.2, 0) is 11.0 Å². The van der Waals surface area contributed by atoms with Crippen molar-refractivity contribution in [3.8, 4) is 22.8 Å². The molecule has 0 aliphatic carbocycles. The Morgan fingerprint density at radius 1 is 1.00 bits per heavy atom. The van der Waals surface area contributed by atoms with Gasteiger partial charge in [-0.3, -0.25) is 4.79 Å². The SMILES string of the molecule is CC(C)(Oc1cc(F)cc(-c2cc(NC=O)nn2-c2cnc(C(F)(F)F)cn2)c1)C(F)(F)F. The molecular weight excluding hydrogens is 463 g/mol. The lowest BCUT2D eigenvalue weighted by molar-refractivity contribution is -0.234. The van der Waals surface area contributed by atoms with Gasteiger partial charge in [0, 0.05) is 17.7 Å². The molecular formula is C19H14F7N5O2. The van der Waals surface area contributed by atoms with Crippen molar-refractivity contribution in [3.63, 3.8) is 0 Å². The summed E-state index contributed by atoms with van der Waals surface area (Å²) >= 11 is 0. The van der Waals surface area contributed by atoms with E-state index in [2.05, 4.69) is 20.4 Å². The molecule has 0 bridgehead atoms. The Kier molecular flexibility index (Phi) is 6.04. The molecule has 1 amide bonds. The van der Waals surface area contributed by atoms with Gasteiger partial charge in [0.05, 0.1) is 18.1 Å². The fourth-order valence-corrected chi connectivity index (χ4v) is 2.59.